The fourth-order valence-corrected chi connectivity index (χ4v) is 3.62. The smallest absolute Gasteiger partial charge is 0.248 e. The van der Waals surface area contributed by atoms with Gasteiger partial charge < -0.3 is 16.4 Å². The number of nitrogens with two attached hydrogens (primary N) is 1. The van der Waals surface area contributed by atoms with Crippen molar-refractivity contribution >= 4 is 35.2 Å². The second kappa shape index (κ2) is 10.5. The number of rotatable bonds is 7. The van der Waals surface area contributed by atoms with Crippen LogP contribution >= 0.6 is 0 Å². The number of nitrogens with one attached hydrogen (secondary N) is 2. The number of carbonyl (C=O) groups excluding carboxylic acids is 3. The van der Waals surface area contributed by atoms with E-state index in [1.165, 1.54) is 13.0 Å². The molecule has 31 heavy (non-hydrogen) atoms. The van der Waals surface area contributed by atoms with Gasteiger partial charge >= 0.3 is 0 Å². The molecule has 162 valence electrons. The van der Waals surface area contributed by atoms with Crippen molar-refractivity contribution < 1.29 is 14.4 Å². The highest BCUT2D eigenvalue weighted by Crippen LogP contribution is 2.20. The van der Waals surface area contributed by atoms with Gasteiger partial charge in [0.2, 0.25) is 17.7 Å². The first-order valence-electron chi connectivity index (χ1n) is 10.4. The molecule has 0 aliphatic carbocycles. The van der Waals surface area contributed by atoms with Gasteiger partial charge in [0.1, 0.15) is 0 Å². The highest BCUT2D eigenvalue weighted by atomic mass is 16.2. The largest absolute Gasteiger partial charge is 0.369 e. The molecule has 1 fully saturated rings. The Kier molecular flexibility index (Phi) is 7.56. The fourth-order valence-electron chi connectivity index (χ4n) is 3.62. The summed E-state index contributed by atoms with van der Waals surface area (Å²) in [6.45, 7) is 3.91. The van der Waals surface area contributed by atoms with E-state index >= 15 is 0 Å². The molecule has 0 atom stereocenters. The number of piperidine rings is 1. The number of hydrogen-bond acceptors (Lipinski definition) is 4. The van der Waals surface area contributed by atoms with E-state index in [4.69, 9.17) is 5.73 Å². The summed E-state index contributed by atoms with van der Waals surface area (Å²) in [6, 6.07) is 15.0. The quantitative estimate of drug-likeness (QED) is 0.599. The van der Waals surface area contributed by atoms with Crippen molar-refractivity contribution in [3.05, 3.63) is 65.7 Å². The summed E-state index contributed by atoms with van der Waals surface area (Å²) >= 11 is 0. The third-order valence-electron chi connectivity index (χ3n) is 5.25. The third-order valence-corrected chi connectivity index (χ3v) is 5.25. The molecule has 1 aliphatic heterocycles. The number of hydrogen-bond donors (Lipinski definition) is 3. The maximum absolute atomic E-state index is 12.3. The van der Waals surface area contributed by atoms with Gasteiger partial charge in [-0.3, -0.25) is 19.3 Å². The molecule has 7 nitrogen and oxygen atoms in total. The Labute approximate surface area is 182 Å². The van der Waals surface area contributed by atoms with Crippen molar-refractivity contribution in [2.24, 2.45) is 11.7 Å². The van der Waals surface area contributed by atoms with Gasteiger partial charge in [-0.15, -0.1) is 0 Å². The molecule has 2 aromatic carbocycles. The highest BCUT2D eigenvalue weighted by molar-refractivity contribution is 6.02. The lowest BCUT2D eigenvalue weighted by Gasteiger charge is -2.30. The standard InChI is InChI=1S/C24H28N4O3/c1-17(29)26-21-8-5-18(6-9-21)7-10-23(30)27-22-4-2-3-19(15-22)16-28-13-11-20(12-14-28)24(25)31/h2-10,15,20H,11-14,16H2,1H3,(H2,25,31)(H,26,29)(H,27,30). The summed E-state index contributed by atoms with van der Waals surface area (Å²) in [5.74, 6) is -0.568. The zero-order valence-corrected chi connectivity index (χ0v) is 17.6. The summed E-state index contributed by atoms with van der Waals surface area (Å²) in [7, 11) is 0. The minimum atomic E-state index is -0.217. The summed E-state index contributed by atoms with van der Waals surface area (Å²) in [5, 5.41) is 5.59. The van der Waals surface area contributed by atoms with Gasteiger partial charge in [0, 0.05) is 36.8 Å². The number of likely N-dealkylation sites (tertiary alicyclic amines) is 1. The second-order valence-electron chi connectivity index (χ2n) is 7.78. The first-order valence-corrected chi connectivity index (χ1v) is 10.4. The van der Waals surface area contributed by atoms with E-state index in [0.29, 0.717) is 5.69 Å². The second-order valence-corrected chi connectivity index (χ2v) is 7.78. The number of carbonyl (C=O) groups is 3. The lowest BCUT2D eigenvalue weighted by molar-refractivity contribution is -0.123. The summed E-state index contributed by atoms with van der Waals surface area (Å²) in [6.07, 6.45) is 4.79. The minimum Gasteiger partial charge on any atom is -0.369 e. The third kappa shape index (κ3) is 7.08. The molecule has 0 unspecified atom stereocenters. The Bertz CT molecular complexity index is 961. The van der Waals surface area contributed by atoms with E-state index in [-0.39, 0.29) is 23.6 Å². The van der Waals surface area contributed by atoms with Crippen molar-refractivity contribution in [1.29, 1.82) is 0 Å². The van der Waals surface area contributed by atoms with E-state index in [1.807, 2.05) is 36.4 Å². The Hall–Kier alpha value is -3.45. The normalized spacial score (nSPS) is 15.0. The molecule has 0 radical (unpaired) electrons. The van der Waals surface area contributed by atoms with Gasteiger partial charge in [0.25, 0.3) is 0 Å². The zero-order chi connectivity index (χ0) is 22.2. The molecular weight excluding hydrogens is 392 g/mol. The Morgan fingerprint density at radius 1 is 1.03 bits per heavy atom. The molecule has 3 rings (SSSR count). The average Bonchev–Trinajstić information content (AvgIpc) is 2.73. The van der Waals surface area contributed by atoms with Crippen LogP contribution in [0, 0.1) is 5.92 Å². The van der Waals surface area contributed by atoms with E-state index in [9.17, 15) is 14.4 Å². The Balaban J connectivity index is 1.52. The molecule has 1 aliphatic rings. The van der Waals surface area contributed by atoms with Crippen LogP contribution in [-0.2, 0) is 20.9 Å². The number of nitrogens with zero attached hydrogens (tertiary/aromatic N) is 1. The van der Waals surface area contributed by atoms with Crippen molar-refractivity contribution in [3.8, 4) is 0 Å². The van der Waals surface area contributed by atoms with E-state index in [0.717, 1.165) is 49.3 Å². The number of amides is 3. The molecule has 1 saturated heterocycles. The molecule has 0 aromatic heterocycles. The predicted molar refractivity (Wildman–Crippen MR) is 122 cm³/mol. The van der Waals surface area contributed by atoms with Crippen LogP contribution in [0.1, 0.15) is 30.9 Å². The number of primary amides is 1. The van der Waals surface area contributed by atoms with E-state index < -0.39 is 0 Å². The number of benzene rings is 2. The number of anilines is 2. The molecule has 2 aromatic rings. The summed E-state index contributed by atoms with van der Waals surface area (Å²) in [5.41, 5.74) is 8.81. The van der Waals surface area contributed by atoms with Gasteiger partial charge in [-0.2, -0.15) is 0 Å². The first kappa shape index (κ1) is 22.2. The molecule has 0 saturated carbocycles. The van der Waals surface area contributed by atoms with E-state index in [2.05, 4.69) is 15.5 Å². The summed E-state index contributed by atoms with van der Waals surface area (Å²) in [4.78, 5) is 37.0. The van der Waals surface area contributed by atoms with Gasteiger partial charge in [-0.25, -0.2) is 0 Å². The predicted octanol–water partition coefficient (Wildman–Crippen LogP) is 2.99. The summed E-state index contributed by atoms with van der Waals surface area (Å²) < 4.78 is 0. The molecular formula is C24H28N4O3. The van der Waals surface area contributed by atoms with Gasteiger partial charge in [-0.1, -0.05) is 24.3 Å². The molecule has 0 spiro atoms. The Morgan fingerprint density at radius 2 is 1.74 bits per heavy atom. The lowest BCUT2D eigenvalue weighted by Crippen LogP contribution is -2.38. The molecule has 4 N–H and O–H groups in total. The van der Waals surface area contributed by atoms with Crippen LogP contribution in [0.15, 0.2) is 54.6 Å². The molecule has 0 bridgehead atoms. The van der Waals surface area contributed by atoms with Crippen LogP contribution in [0.2, 0.25) is 0 Å². The first-order chi connectivity index (χ1) is 14.9. The lowest BCUT2D eigenvalue weighted by atomic mass is 9.96. The molecule has 1 heterocycles. The van der Waals surface area contributed by atoms with E-state index in [1.54, 1.807) is 18.2 Å². The highest BCUT2D eigenvalue weighted by Gasteiger charge is 2.22. The van der Waals surface area contributed by atoms with Crippen LogP contribution < -0.4 is 16.4 Å². The van der Waals surface area contributed by atoms with Gasteiger partial charge in [0.15, 0.2) is 0 Å². The maximum atomic E-state index is 12.3. The maximum Gasteiger partial charge on any atom is 0.248 e. The Morgan fingerprint density at radius 3 is 2.39 bits per heavy atom. The van der Waals surface area contributed by atoms with Crippen LogP contribution in [0.25, 0.3) is 6.08 Å². The minimum absolute atomic E-state index is 0.0183. The van der Waals surface area contributed by atoms with Crippen molar-refractivity contribution in [1.82, 2.24) is 4.90 Å². The monoisotopic (exact) mass is 420 g/mol. The topological polar surface area (TPSA) is 105 Å². The van der Waals surface area contributed by atoms with Crippen molar-refractivity contribution in [3.63, 3.8) is 0 Å². The molecule has 3 amide bonds. The average molecular weight is 421 g/mol. The van der Waals surface area contributed by atoms with Gasteiger partial charge in [0.05, 0.1) is 0 Å². The van der Waals surface area contributed by atoms with Crippen LogP contribution in [0.5, 0.6) is 0 Å². The van der Waals surface area contributed by atoms with Crippen LogP contribution in [0.3, 0.4) is 0 Å². The molecule has 7 heteroatoms. The van der Waals surface area contributed by atoms with Crippen molar-refractivity contribution in [2.45, 2.75) is 26.3 Å². The zero-order valence-electron chi connectivity index (χ0n) is 17.6. The van der Waals surface area contributed by atoms with Gasteiger partial charge in [-0.05, 0) is 67.4 Å². The SMILES string of the molecule is CC(=O)Nc1ccc(C=CC(=O)Nc2cccc(CN3CCC(C(N)=O)CC3)c2)cc1. The van der Waals surface area contributed by atoms with Crippen LogP contribution in [0.4, 0.5) is 11.4 Å². The van der Waals surface area contributed by atoms with Crippen LogP contribution in [-0.4, -0.2) is 35.7 Å². The van der Waals surface area contributed by atoms with Crippen molar-refractivity contribution in [2.75, 3.05) is 23.7 Å². The fraction of sp³-hybridized carbons (Fsp3) is 0.292.